The second-order valence-electron chi connectivity index (χ2n) is 5.81. The Hall–Kier alpha value is -3.55. The third-order valence-corrected chi connectivity index (χ3v) is 3.77. The highest BCUT2D eigenvalue weighted by Gasteiger charge is 2.18. The molecular formula is C20H22N2O6. The lowest BCUT2D eigenvalue weighted by molar-refractivity contribution is -0.142. The van der Waals surface area contributed by atoms with E-state index in [-0.39, 0.29) is 30.7 Å². The largest absolute Gasteiger partial charge is 0.493 e. The Bertz CT molecular complexity index is 838. The van der Waals surface area contributed by atoms with Crippen molar-refractivity contribution < 1.29 is 28.6 Å². The molecule has 0 spiro atoms. The van der Waals surface area contributed by atoms with Gasteiger partial charge in [0, 0.05) is 18.3 Å². The monoisotopic (exact) mass is 386 g/mol. The van der Waals surface area contributed by atoms with Crippen LogP contribution in [-0.2, 0) is 14.3 Å². The van der Waals surface area contributed by atoms with Crippen LogP contribution in [0.4, 0.5) is 5.69 Å². The molecule has 2 rings (SSSR count). The molecule has 2 aromatic carbocycles. The van der Waals surface area contributed by atoms with Gasteiger partial charge >= 0.3 is 5.97 Å². The number of amides is 2. The summed E-state index contributed by atoms with van der Waals surface area (Å²) in [6.07, 6.45) is 0. The van der Waals surface area contributed by atoms with Gasteiger partial charge in [-0.2, -0.15) is 0 Å². The summed E-state index contributed by atoms with van der Waals surface area (Å²) in [5.74, 6) is -0.620. The molecular weight excluding hydrogens is 364 g/mol. The Kier molecular flexibility index (Phi) is 7.38. The maximum Gasteiger partial charge on any atom is 0.343 e. The Balaban J connectivity index is 2.01. The third-order valence-electron chi connectivity index (χ3n) is 3.77. The van der Waals surface area contributed by atoms with Gasteiger partial charge in [0.15, 0.2) is 18.1 Å². The van der Waals surface area contributed by atoms with Crippen LogP contribution in [0.1, 0.15) is 10.4 Å². The van der Waals surface area contributed by atoms with Crippen LogP contribution in [0.25, 0.3) is 0 Å². The van der Waals surface area contributed by atoms with Crippen molar-refractivity contribution in [3.63, 3.8) is 0 Å². The Labute approximate surface area is 163 Å². The summed E-state index contributed by atoms with van der Waals surface area (Å²) < 4.78 is 15.0. The van der Waals surface area contributed by atoms with Gasteiger partial charge in [-0.05, 0) is 30.3 Å². The predicted octanol–water partition coefficient (Wildman–Crippen LogP) is 1.96. The molecule has 2 aromatic rings. The van der Waals surface area contributed by atoms with Gasteiger partial charge in [0.05, 0.1) is 20.8 Å². The van der Waals surface area contributed by atoms with E-state index >= 15 is 0 Å². The van der Waals surface area contributed by atoms with E-state index in [0.29, 0.717) is 17.0 Å². The lowest BCUT2D eigenvalue weighted by Crippen LogP contribution is -2.34. The molecule has 28 heavy (non-hydrogen) atoms. The van der Waals surface area contributed by atoms with Gasteiger partial charge in [0.25, 0.3) is 5.91 Å². The molecule has 8 heteroatoms. The molecule has 0 heterocycles. The van der Waals surface area contributed by atoms with Gasteiger partial charge in [0.1, 0.15) is 0 Å². The molecule has 0 bridgehead atoms. The minimum absolute atomic E-state index is 0.114. The van der Waals surface area contributed by atoms with E-state index in [1.165, 1.54) is 44.4 Å². The van der Waals surface area contributed by atoms with E-state index in [4.69, 9.17) is 9.47 Å². The van der Waals surface area contributed by atoms with Crippen LogP contribution in [0.2, 0.25) is 0 Å². The maximum atomic E-state index is 12.6. The molecule has 1 N–H and O–H groups in total. The smallest absolute Gasteiger partial charge is 0.343 e. The first-order valence-corrected chi connectivity index (χ1v) is 8.42. The zero-order chi connectivity index (χ0) is 20.5. The van der Waals surface area contributed by atoms with E-state index in [9.17, 15) is 14.4 Å². The molecule has 148 valence electrons. The number of nitrogens with one attached hydrogen (secondary N) is 1. The first kappa shape index (κ1) is 20.8. The van der Waals surface area contributed by atoms with Crippen LogP contribution >= 0.6 is 0 Å². The highest BCUT2D eigenvalue weighted by molar-refractivity contribution is 5.99. The van der Waals surface area contributed by atoms with Crippen molar-refractivity contribution in [3.05, 3.63) is 54.1 Å². The van der Waals surface area contributed by atoms with Gasteiger partial charge in [-0.25, -0.2) is 4.79 Å². The number of rotatable bonds is 8. The lowest BCUT2D eigenvalue weighted by Gasteiger charge is -2.18. The van der Waals surface area contributed by atoms with Crippen molar-refractivity contribution in [2.24, 2.45) is 0 Å². The molecule has 0 saturated carbocycles. The fraction of sp³-hybridized carbons (Fsp3) is 0.250. The number of para-hydroxylation sites is 1. The number of hydrogen-bond donors (Lipinski definition) is 1. The second kappa shape index (κ2) is 9.96. The minimum atomic E-state index is -0.536. The molecule has 0 fully saturated rings. The van der Waals surface area contributed by atoms with Gasteiger partial charge in [-0.1, -0.05) is 18.2 Å². The van der Waals surface area contributed by atoms with Crippen LogP contribution in [-0.4, -0.2) is 57.1 Å². The van der Waals surface area contributed by atoms with Crippen LogP contribution in [0.3, 0.4) is 0 Å². The summed E-state index contributed by atoms with van der Waals surface area (Å²) in [6, 6.07) is 13.5. The molecule has 2 amide bonds. The van der Waals surface area contributed by atoms with E-state index in [1.54, 1.807) is 24.3 Å². The summed E-state index contributed by atoms with van der Waals surface area (Å²) in [6.45, 7) is -0.393. The average Bonchev–Trinajstić information content (AvgIpc) is 2.71. The van der Waals surface area contributed by atoms with Crippen LogP contribution in [0.5, 0.6) is 11.5 Å². The molecule has 0 aliphatic carbocycles. The number of esters is 1. The third kappa shape index (κ3) is 5.73. The van der Waals surface area contributed by atoms with Crippen LogP contribution in [0, 0.1) is 0 Å². The predicted molar refractivity (Wildman–Crippen MR) is 103 cm³/mol. The number of ether oxygens (including phenoxy) is 3. The van der Waals surface area contributed by atoms with Crippen molar-refractivity contribution in [2.45, 2.75) is 0 Å². The molecule has 0 saturated heterocycles. The summed E-state index contributed by atoms with van der Waals surface area (Å²) in [5, 5.41) is 2.72. The normalized spacial score (nSPS) is 9.96. The minimum Gasteiger partial charge on any atom is -0.493 e. The molecule has 8 nitrogen and oxygen atoms in total. The van der Waals surface area contributed by atoms with Crippen LogP contribution < -0.4 is 14.8 Å². The molecule has 0 aromatic heterocycles. The number of hydrogen-bond acceptors (Lipinski definition) is 6. The van der Waals surface area contributed by atoms with Gasteiger partial charge in [0.2, 0.25) is 5.91 Å². The molecule has 0 aliphatic rings. The van der Waals surface area contributed by atoms with Gasteiger partial charge < -0.3 is 24.4 Å². The number of carbonyl (C=O) groups is 3. The zero-order valence-corrected chi connectivity index (χ0v) is 15.9. The van der Waals surface area contributed by atoms with Crippen molar-refractivity contribution in [1.29, 1.82) is 0 Å². The summed E-state index contributed by atoms with van der Waals surface area (Å²) in [4.78, 5) is 37.2. The number of anilines is 1. The lowest BCUT2D eigenvalue weighted by atomic mass is 10.1. The quantitative estimate of drug-likeness (QED) is 0.697. The topological polar surface area (TPSA) is 94.2 Å². The fourth-order valence-corrected chi connectivity index (χ4v) is 2.35. The van der Waals surface area contributed by atoms with E-state index < -0.39 is 5.97 Å². The Morgan fingerprint density at radius 1 is 1.00 bits per heavy atom. The zero-order valence-electron chi connectivity index (χ0n) is 15.9. The summed E-state index contributed by atoms with van der Waals surface area (Å²) in [5.41, 5.74) is 0.972. The average molecular weight is 386 g/mol. The van der Waals surface area contributed by atoms with Crippen molar-refractivity contribution in [2.75, 3.05) is 39.7 Å². The number of benzene rings is 2. The summed E-state index contributed by atoms with van der Waals surface area (Å²) >= 11 is 0. The van der Waals surface area contributed by atoms with E-state index in [2.05, 4.69) is 10.1 Å². The van der Waals surface area contributed by atoms with Crippen LogP contribution in [0.15, 0.2) is 48.5 Å². The molecule has 0 atom stereocenters. The Morgan fingerprint density at radius 3 is 2.36 bits per heavy atom. The standard InChI is InChI=1S/C20H22N2O6/c1-22(12-18(23)21-15-7-5-4-6-8-15)20(25)14-9-10-16(17(11-14)26-2)28-13-19(24)27-3/h4-11H,12-13H2,1-3H3,(H,21,23). The molecule has 0 unspecified atom stereocenters. The Morgan fingerprint density at radius 2 is 1.71 bits per heavy atom. The van der Waals surface area contributed by atoms with Crippen molar-refractivity contribution in [3.8, 4) is 11.5 Å². The van der Waals surface area contributed by atoms with Crippen molar-refractivity contribution >= 4 is 23.5 Å². The number of methoxy groups -OCH3 is 2. The number of nitrogens with zero attached hydrogens (tertiary/aromatic N) is 1. The first-order chi connectivity index (χ1) is 13.4. The van der Waals surface area contributed by atoms with Gasteiger partial charge in [-0.15, -0.1) is 0 Å². The highest BCUT2D eigenvalue weighted by Crippen LogP contribution is 2.28. The fourth-order valence-electron chi connectivity index (χ4n) is 2.35. The van der Waals surface area contributed by atoms with E-state index in [1.807, 2.05) is 6.07 Å². The maximum absolute atomic E-state index is 12.6. The highest BCUT2D eigenvalue weighted by atomic mass is 16.6. The number of carbonyl (C=O) groups excluding carboxylic acids is 3. The SMILES string of the molecule is COC(=O)COc1ccc(C(=O)N(C)CC(=O)Nc2ccccc2)cc1OC. The second-order valence-corrected chi connectivity index (χ2v) is 5.81. The molecule has 0 aliphatic heterocycles. The van der Waals surface area contributed by atoms with Gasteiger partial charge in [-0.3, -0.25) is 9.59 Å². The molecule has 0 radical (unpaired) electrons. The number of likely N-dealkylation sites (N-methyl/N-ethyl adjacent to an activating group) is 1. The van der Waals surface area contributed by atoms with Crippen molar-refractivity contribution in [1.82, 2.24) is 4.90 Å². The van der Waals surface area contributed by atoms with E-state index in [0.717, 1.165) is 0 Å². The summed E-state index contributed by atoms with van der Waals surface area (Å²) in [7, 11) is 4.21. The first-order valence-electron chi connectivity index (χ1n) is 8.42.